The summed E-state index contributed by atoms with van der Waals surface area (Å²) in [5, 5.41) is 7.26. The lowest BCUT2D eigenvalue weighted by Crippen LogP contribution is -2.26. The van der Waals surface area contributed by atoms with Gasteiger partial charge in [-0.05, 0) is 56.4 Å². The minimum absolute atomic E-state index is 0.0753. The monoisotopic (exact) mass is 375 g/mol. The van der Waals surface area contributed by atoms with Gasteiger partial charge in [-0.25, -0.2) is 9.97 Å². The van der Waals surface area contributed by atoms with Crippen LogP contribution in [-0.2, 0) is 25.8 Å². The molecule has 28 heavy (non-hydrogen) atoms. The van der Waals surface area contributed by atoms with Crippen molar-refractivity contribution in [1.82, 2.24) is 25.1 Å². The van der Waals surface area contributed by atoms with Gasteiger partial charge in [0.05, 0.1) is 6.20 Å². The Morgan fingerprint density at radius 1 is 1.14 bits per heavy atom. The topological polar surface area (TPSA) is 72.7 Å². The highest BCUT2D eigenvalue weighted by Crippen LogP contribution is 2.22. The van der Waals surface area contributed by atoms with Gasteiger partial charge in [0.25, 0.3) is 5.91 Å². The van der Waals surface area contributed by atoms with Crippen LogP contribution in [0.3, 0.4) is 0 Å². The SMILES string of the molecule is CCn1cc(-c2ccc(C(=O)NCCc3nc(C)c4c(n3)CCC4)cc2)cn1. The molecular weight excluding hydrogens is 350 g/mol. The molecule has 144 valence electrons. The fourth-order valence-corrected chi connectivity index (χ4v) is 3.68. The molecule has 0 radical (unpaired) electrons. The third-order valence-corrected chi connectivity index (χ3v) is 5.26. The molecule has 1 N–H and O–H groups in total. The summed E-state index contributed by atoms with van der Waals surface area (Å²) < 4.78 is 1.89. The first-order valence-corrected chi connectivity index (χ1v) is 9.90. The highest BCUT2D eigenvalue weighted by atomic mass is 16.1. The molecule has 2 aromatic heterocycles. The number of nitrogens with zero attached hydrogens (tertiary/aromatic N) is 4. The van der Waals surface area contributed by atoms with Crippen LogP contribution in [0, 0.1) is 6.92 Å². The maximum atomic E-state index is 12.4. The number of amides is 1. The number of benzene rings is 1. The standard InChI is InChI=1S/C22H25N5O/c1-3-27-14-18(13-24-27)16-7-9-17(10-8-16)22(28)23-12-11-21-25-15(2)19-5-4-6-20(19)26-21/h7-10,13-14H,3-6,11-12H2,1-2H3,(H,23,28). The third-order valence-electron chi connectivity index (χ3n) is 5.26. The second kappa shape index (κ2) is 7.92. The first-order chi connectivity index (χ1) is 13.6. The molecule has 1 aromatic carbocycles. The third kappa shape index (κ3) is 3.81. The van der Waals surface area contributed by atoms with E-state index in [1.54, 1.807) is 0 Å². The van der Waals surface area contributed by atoms with Crippen LogP contribution in [0.4, 0.5) is 0 Å². The molecule has 1 aliphatic carbocycles. The summed E-state index contributed by atoms with van der Waals surface area (Å²) in [7, 11) is 0. The van der Waals surface area contributed by atoms with Crippen LogP contribution < -0.4 is 5.32 Å². The van der Waals surface area contributed by atoms with Gasteiger partial charge < -0.3 is 5.32 Å². The number of carbonyl (C=O) groups is 1. The fourth-order valence-electron chi connectivity index (χ4n) is 3.68. The zero-order valence-corrected chi connectivity index (χ0v) is 16.4. The number of hydrogen-bond donors (Lipinski definition) is 1. The molecule has 0 bridgehead atoms. The fraction of sp³-hybridized carbons (Fsp3) is 0.364. The van der Waals surface area contributed by atoms with Crippen LogP contribution in [0.2, 0.25) is 0 Å². The molecule has 6 heteroatoms. The number of nitrogens with one attached hydrogen (secondary N) is 1. The zero-order valence-electron chi connectivity index (χ0n) is 16.4. The zero-order chi connectivity index (χ0) is 19.5. The maximum absolute atomic E-state index is 12.4. The van der Waals surface area contributed by atoms with Gasteiger partial charge in [0.15, 0.2) is 0 Å². The van der Waals surface area contributed by atoms with Crippen LogP contribution in [0.1, 0.15) is 46.5 Å². The lowest BCUT2D eigenvalue weighted by Gasteiger charge is -2.08. The second-order valence-corrected chi connectivity index (χ2v) is 7.17. The molecule has 1 aliphatic rings. The number of rotatable bonds is 6. The smallest absolute Gasteiger partial charge is 0.251 e. The first-order valence-electron chi connectivity index (χ1n) is 9.90. The van der Waals surface area contributed by atoms with Crippen LogP contribution in [0.5, 0.6) is 0 Å². The van der Waals surface area contributed by atoms with Gasteiger partial charge in [-0.15, -0.1) is 0 Å². The van der Waals surface area contributed by atoms with E-state index in [0.717, 1.165) is 42.0 Å². The van der Waals surface area contributed by atoms with Crippen LogP contribution in [0.15, 0.2) is 36.7 Å². The number of aryl methyl sites for hydroxylation is 3. The molecule has 0 spiro atoms. The predicted molar refractivity (Wildman–Crippen MR) is 108 cm³/mol. The van der Waals surface area contributed by atoms with Crippen LogP contribution in [0.25, 0.3) is 11.1 Å². The largest absolute Gasteiger partial charge is 0.352 e. The van der Waals surface area contributed by atoms with Crippen molar-refractivity contribution in [1.29, 1.82) is 0 Å². The summed E-state index contributed by atoms with van der Waals surface area (Å²) in [5.41, 5.74) is 6.35. The van der Waals surface area contributed by atoms with Crippen molar-refractivity contribution >= 4 is 5.91 Å². The van der Waals surface area contributed by atoms with Gasteiger partial charge in [0, 0.05) is 48.2 Å². The first kappa shape index (κ1) is 18.3. The summed E-state index contributed by atoms with van der Waals surface area (Å²) >= 11 is 0. The Morgan fingerprint density at radius 3 is 2.71 bits per heavy atom. The van der Waals surface area contributed by atoms with E-state index >= 15 is 0 Å². The molecule has 0 atom stereocenters. The predicted octanol–water partition coefficient (Wildman–Crippen LogP) is 3.13. The Morgan fingerprint density at radius 2 is 1.96 bits per heavy atom. The average Bonchev–Trinajstić information content (AvgIpc) is 3.37. The molecule has 6 nitrogen and oxygen atoms in total. The van der Waals surface area contributed by atoms with E-state index in [2.05, 4.69) is 34.2 Å². The highest BCUT2D eigenvalue weighted by Gasteiger charge is 2.17. The molecule has 3 aromatic rings. The van der Waals surface area contributed by atoms with Gasteiger partial charge >= 0.3 is 0 Å². The summed E-state index contributed by atoms with van der Waals surface area (Å²) in [6.45, 7) is 5.48. The molecule has 0 aliphatic heterocycles. The van der Waals surface area contributed by atoms with Crippen molar-refractivity contribution in [3.8, 4) is 11.1 Å². The number of fused-ring (bicyclic) bond motifs is 1. The van der Waals surface area contributed by atoms with Crippen molar-refractivity contribution in [3.05, 3.63) is 65.0 Å². The van der Waals surface area contributed by atoms with Gasteiger partial charge in [-0.3, -0.25) is 9.48 Å². The molecule has 1 amide bonds. The lowest BCUT2D eigenvalue weighted by molar-refractivity contribution is 0.0954. The van der Waals surface area contributed by atoms with Gasteiger partial charge in [-0.2, -0.15) is 5.10 Å². The Hall–Kier alpha value is -3.02. The molecule has 0 saturated heterocycles. The second-order valence-electron chi connectivity index (χ2n) is 7.17. The Kier molecular flexibility index (Phi) is 5.19. The van der Waals surface area contributed by atoms with Crippen LogP contribution >= 0.6 is 0 Å². The number of aromatic nitrogens is 4. The quantitative estimate of drug-likeness (QED) is 0.718. The summed E-state index contributed by atoms with van der Waals surface area (Å²) in [6, 6.07) is 7.62. The van der Waals surface area contributed by atoms with Gasteiger partial charge in [0.2, 0.25) is 0 Å². The van der Waals surface area contributed by atoms with E-state index in [1.807, 2.05) is 41.3 Å². The number of carbonyl (C=O) groups excluding carboxylic acids is 1. The van der Waals surface area contributed by atoms with Crippen molar-refractivity contribution in [3.63, 3.8) is 0 Å². The van der Waals surface area contributed by atoms with Crippen molar-refractivity contribution in [2.24, 2.45) is 0 Å². The van der Waals surface area contributed by atoms with Crippen LogP contribution in [-0.4, -0.2) is 32.2 Å². The summed E-state index contributed by atoms with van der Waals surface area (Å²) in [6.07, 6.45) is 7.80. The minimum Gasteiger partial charge on any atom is -0.352 e. The molecular formula is C22H25N5O. The van der Waals surface area contributed by atoms with Gasteiger partial charge in [-0.1, -0.05) is 12.1 Å². The van der Waals surface area contributed by atoms with Crippen molar-refractivity contribution in [2.45, 2.75) is 46.1 Å². The van der Waals surface area contributed by atoms with E-state index in [0.29, 0.717) is 18.5 Å². The Labute approximate surface area is 165 Å². The van der Waals surface area contributed by atoms with E-state index in [1.165, 1.54) is 17.7 Å². The Bertz CT molecular complexity index is 991. The lowest BCUT2D eigenvalue weighted by atomic mass is 10.1. The molecule has 0 fully saturated rings. The minimum atomic E-state index is -0.0753. The summed E-state index contributed by atoms with van der Waals surface area (Å²) in [4.78, 5) is 21.7. The van der Waals surface area contributed by atoms with E-state index in [9.17, 15) is 4.79 Å². The van der Waals surface area contributed by atoms with E-state index in [4.69, 9.17) is 0 Å². The summed E-state index contributed by atoms with van der Waals surface area (Å²) in [5.74, 6) is 0.746. The molecule has 0 saturated carbocycles. The van der Waals surface area contributed by atoms with Gasteiger partial charge in [0.1, 0.15) is 5.82 Å². The van der Waals surface area contributed by atoms with E-state index in [-0.39, 0.29) is 5.91 Å². The highest BCUT2D eigenvalue weighted by molar-refractivity contribution is 5.94. The Balaban J connectivity index is 1.34. The average molecular weight is 375 g/mol. The van der Waals surface area contributed by atoms with Crippen molar-refractivity contribution in [2.75, 3.05) is 6.54 Å². The normalized spacial score (nSPS) is 12.8. The van der Waals surface area contributed by atoms with Crippen molar-refractivity contribution < 1.29 is 4.79 Å². The number of hydrogen-bond acceptors (Lipinski definition) is 4. The molecule has 0 unspecified atom stereocenters. The maximum Gasteiger partial charge on any atom is 0.251 e. The van der Waals surface area contributed by atoms with E-state index < -0.39 is 0 Å². The molecule has 4 rings (SSSR count). The molecule has 2 heterocycles.